The first-order valence-corrected chi connectivity index (χ1v) is 11.6. The summed E-state index contributed by atoms with van der Waals surface area (Å²) in [4.78, 5) is 0. The number of rotatable bonds is 8. The van der Waals surface area contributed by atoms with E-state index in [1.54, 1.807) is 23.0 Å². The van der Waals surface area contributed by atoms with Crippen LogP contribution >= 0.6 is 34.8 Å². The van der Waals surface area contributed by atoms with Gasteiger partial charge in [-0.15, -0.1) is 0 Å². The Morgan fingerprint density at radius 2 is 1.62 bits per heavy atom. The molecule has 1 heterocycles. The van der Waals surface area contributed by atoms with Crippen molar-refractivity contribution in [3.05, 3.63) is 93.1 Å². The van der Waals surface area contributed by atoms with E-state index in [-0.39, 0.29) is 0 Å². The molecule has 0 fully saturated rings. The minimum Gasteiger partial charge on any atom is -0.494 e. The molecule has 0 aliphatic carbocycles. The summed E-state index contributed by atoms with van der Waals surface area (Å²) in [6.45, 7) is 4.42. The Hall–Kier alpha value is -3.19. The van der Waals surface area contributed by atoms with Gasteiger partial charge in [-0.1, -0.05) is 53.0 Å². The Labute approximate surface area is 212 Å². The lowest BCUT2D eigenvalue weighted by atomic mass is 10.2. The normalized spacial score (nSPS) is 11.1. The fourth-order valence-electron chi connectivity index (χ4n) is 3.20. The Morgan fingerprint density at radius 3 is 2.26 bits per heavy atom. The lowest BCUT2D eigenvalue weighted by Crippen LogP contribution is -2.01. The van der Waals surface area contributed by atoms with Crippen molar-refractivity contribution in [2.24, 2.45) is 5.10 Å². The zero-order chi connectivity index (χ0) is 24.1. The van der Waals surface area contributed by atoms with Crippen molar-refractivity contribution in [3.8, 4) is 23.1 Å². The van der Waals surface area contributed by atoms with Gasteiger partial charge in [0.15, 0.2) is 0 Å². The van der Waals surface area contributed by atoms with E-state index in [0.717, 1.165) is 17.1 Å². The van der Waals surface area contributed by atoms with Crippen LogP contribution in [-0.2, 0) is 0 Å². The van der Waals surface area contributed by atoms with E-state index in [0.29, 0.717) is 44.6 Å². The van der Waals surface area contributed by atoms with Gasteiger partial charge < -0.3 is 9.47 Å². The number of aryl methyl sites for hydroxylation is 1. The van der Waals surface area contributed by atoms with Gasteiger partial charge in [0.05, 0.1) is 45.5 Å². The third-order valence-electron chi connectivity index (χ3n) is 4.79. The van der Waals surface area contributed by atoms with Crippen LogP contribution in [0.4, 0.5) is 5.69 Å². The number of hydrogen-bond donors (Lipinski definition) is 1. The van der Waals surface area contributed by atoms with Gasteiger partial charge in [-0.2, -0.15) is 14.9 Å². The lowest BCUT2D eigenvalue weighted by Gasteiger charge is -2.11. The molecule has 0 saturated carbocycles. The molecule has 0 saturated heterocycles. The Morgan fingerprint density at radius 1 is 0.971 bits per heavy atom. The number of nitrogens with zero attached hydrogens (tertiary/aromatic N) is 3. The summed E-state index contributed by atoms with van der Waals surface area (Å²) in [5, 5.41) is 10.2. The predicted molar refractivity (Wildman–Crippen MR) is 139 cm³/mol. The average molecular weight is 516 g/mol. The van der Waals surface area contributed by atoms with Crippen molar-refractivity contribution in [2.75, 3.05) is 12.0 Å². The van der Waals surface area contributed by atoms with Gasteiger partial charge in [-0.3, -0.25) is 5.43 Å². The summed E-state index contributed by atoms with van der Waals surface area (Å²) in [5.41, 5.74) is 5.60. The van der Waals surface area contributed by atoms with Gasteiger partial charge in [-0.05, 0) is 62.4 Å². The minimum atomic E-state index is 0.359. The summed E-state index contributed by atoms with van der Waals surface area (Å²) < 4.78 is 13.5. The van der Waals surface area contributed by atoms with Crippen LogP contribution in [0.15, 0.2) is 71.8 Å². The number of hydrazone groups is 1. The quantitative estimate of drug-likeness (QED) is 0.192. The molecular weight excluding hydrogens is 495 g/mol. The molecule has 4 rings (SSSR count). The van der Waals surface area contributed by atoms with Crippen LogP contribution in [0.1, 0.15) is 18.2 Å². The van der Waals surface area contributed by atoms with Crippen molar-refractivity contribution in [3.63, 3.8) is 0 Å². The second-order valence-corrected chi connectivity index (χ2v) is 8.42. The first-order chi connectivity index (χ1) is 16.5. The third-order valence-corrected chi connectivity index (χ3v) is 5.60. The molecule has 9 heteroatoms. The first kappa shape index (κ1) is 24.0. The molecule has 6 nitrogen and oxygen atoms in total. The maximum Gasteiger partial charge on any atom is 0.231 e. The van der Waals surface area contributed by atoms with Crippen molar-refractivity contribution in [1.29, 1.82) is 0 Å². The summed E-state index contributed by atoms with van der Waals surface area (Å²) in [6, 6.07) is 20.3. The fraction of sp³-hybridized carbons (Fsp3) is 0.120. The van der Waals surface area contributed by atoms with Crippen LogP contribution in [-0.4, -0.2) is 22.6 Å². The standard InChI is InChI=1S/C25H21Cl3N4O2/c1-3-33-19-9-11-20(12-10-19)34-25-21(16(2)31-32(25)18-7-5-4-6-8-18)15-29-30-24-22(27)13-17(26)14-23(24)28/h4-15,30H,3H2,1-2H3. The van der Waals surface area contributed by atoms with Crippen LogP contribution in [0.5, 0.6) is 17.4 Å². The zero-order valence-corrected chi connectivity index (χ0v) is 20.7. The smallest absolute Gasteiger partial charge is 0.231 e. The molecule has 0 aliphatic rings. The number of ether oxygens (including phenoxy) is 2. The highest BCUT2D eigenvalue weighted by atomic mass is 35.5. The highest BCUT2D eigenvalue weighted by Gasteiger charge is 2.18. The molecule has 174 valence electrons. The molecule has 4 aromatic rings. The molecule has 0 radical (unpaired) electrons. The summed E-state index contributed by atoms with van der Waals surface area (Å²) in [6.07, 6.45) is 1.62. The Balaban J connectivity index is 1.69. The molecule has 34 heavy (non-hydrogen) atoms. The molecule has 1 aromatic heterocycles. The molecule has 0 unspecified atom stereocenters. The van der Waals surface area contributed by atoms with Gasteiger partial charge in [0.1, 0.15) is 11.5 Å². The minimum absolute atomic E-state index is 0.359. The van der Waals surface area contributed by atoms with E-state index in [1.165, 1.54) is 0 Å². The molecule has 0 atom stereocenters. The topological polar surface area (TPSA) is 60.7 Å². The zero-order valence-electron chi connectivity index (χ0n) is 18.4. The number of nitrogens with one attached hydrogen (secondary N) is 1. The maximum atomic E-state index is 6.27. The van der Waals surface area contributed by atoms with E-state index < -0.39 is 0 Å². The predicted octanol–water partition coefficient (Wildman–Crippen LogP) is 7.78. The summed E-state index contributed by atoms with van der Waals surface area (Å²) in [5.74, 6) is 1.91. The molecule has 3 aromatic carbocycles. The average Bonchev–Trinajstić information content (AvgIpc) is 3.12. The van der Waals surface area contributed by atoms with Crippen LogP contribution in [0.2, 0.25) is 15.1 Å². The van der Waals surface area contributed by atoms with E-state index in [9.17, 15) is 0 Å². The number of para-hydroxylation sites is 1. The van der Waals surface area contributed by atoms with E-state index in [2.05, 4.69) is 15.6 Å². The molecular formula is C25H21Cl3N4O2. The lowest BCUT2D eigenvalue weighted by molar-refractivity contribution is 0.339. The van der Waals surface area contributed by atoms with E-state index in [4.69, 9.17) is 44.3 Å². The van der Waals surface area contributed by atoms with Crippen LogP contribution in [0.3, 0.4) is 0 Å². The third kappa shape index (κ3) is 5.47. The Bertz CT molecular complexity index is 1280. The molecule has 0 amide bonds. The Kier molecular flexibility index (Phi) is 7.63. The molecule has 0 spiro atoms. The van der Waals surface area contributed by atoms with Crippen molar-refractivity contribution >= 4 is 46.7 Å². The monoisotopic (exact) mass is 514 g/mol. The second kappa shape index (κ2) is 10.8. The number of hydrogen-bond acceptors (Lipinski definition) is 5. The van der Waals surface area contributed by atoms with Gasteiger partial charge in [-0.25, -0.2) is 0 Å². The van der Waals surface area contributed by atoms with Gasteiger partial charge in [0.25, 0.3) is 0 Å². The van der Waals surface area contributed by atoms with E-state index >= 15 is 0 Å². The van der Waals surface area contributed by atoms with Crippen LogP contribution in [0.25, 0.3) is 5.69 Å². The second-order valence-electron chi connectivity index (χ2n) is 7.17. The summed E-state index contributed by atoms with van der Waals surface area (Å²) in [7, 11) is 0. The molecule has 0 aliphatic heterocycles. The number of benzene rings is 3. The maximum absolute atomic E-state index is 6.27. The molecule has 1 N–H and O–H groups in total. The largest absolute Gasteiger partial charge is 0.494 e. The number of anilines is 1. The van der Waals surface area contributed by atoms with Gasteiger partial charge >= 0.3 is 0 Å². The van der Waals surface area contributed by atoms with Crippen molar-refractivity contribution < 1.29 is 9.47 Å². The highest BCUT2D eigenvalue weighted by molar-refractivity contribution is 6.41. The molecule has 0 bridgehead atoms. The van der Waals surface area contributed by atoms with E-state index in [1.807, 2.05) is 68.4 Å². The SMILES string of the molecule is CCOc1ccc(Oc2c(C=NNc3c(Cl)cc(Cl)cc3Cl)c(C)nn2-c2ccccc2)cc1. The number of aromatic nitrogens is 2. The first-order valence-electron chi connectivity index (χ1n) is 10.5. The van der Waals surface area contributed by atoms with Gasteiger partial charge in [0, 0.05) is 5.02 Å². The summed E-state index contributed by atoms with van der Waals surface area (Å²) >= 11 is 18.5. The number of halogens is 3. The fourth-order valence-corrected chi connectivity index (χ4v) is 4.10. The van der Waals surface area contributed by atoms with Gasteiger partial charge in [0.2, 0.25) is 5.88 Å². The van der Waals surface area contributed by atoms with Crippen molar-refractivity contribution in [1.82, 2.24) is 9.78 Å². The van der Waals surface area contributed by atoms with Crippen LogP contribution < -0.4 is 14.9 Å². The highest BCUT2D eigenvalue weighted by Crippen LogP contribution is 2.34. The van der Waals surface area contributed by atoms with Crippen LogP contribution in [0, 0.1) is 6.92 Å². The van der Waals surface area contributed by atoms with Crippen molar-refractivity contribution in [2.45, 2.75) is 13.8 Å².